The molecule has 3 nitrogen and oxygen atoms in total. The van der Waals surface area contributed by atoms with Crippen LogP contribution in [0.4, 0.5) is 0 Å². The highest BCUT2D eigenvalue weighted by atomic mass is 31.2. The van der Waals surface area contributed by atoms with Gasteiger partial charge in [-0.2, -0.15) is 0 Å². The second kappa shape index (κ2) is 21.5. The van der Waals surface area contributed by atoms with Gasteiger partial charge in [0.05, 0.1) is 6.61 Å². The molecule has 0 saturated heterocycles. The first-order chi connectivity index (χ1) is 24.2. The second-order valence-electron chi connectivity index (χ2n) is 19.9. The van der Waals surface area contributed by atoms with E-state index in [2.05, 4.69) is 128 Å². The average molecular weight is 739 g/mol. The Hall–Kier alpha value is -1.57. The van der Waals surface area contributed by atoms with Gasteiger partial charge in [0.15, 0.2) is 0 Å². The molecule has 298 valence electrons. The first kappa shape index (κ1) is 46.6. The highest BCUT2D eigenvalue weighted by Crippen LogP contribution is 2.50. The van der Waals surface area contributed by atoms with Gasteiger partial charge in [-0.1, -0.05) is 211 Å². The predicted octanol–water partition coefficient (Wildman–Crippen LogP) is 16.5. The largest absolute Gasteiger partial charge is 0.463 e. The number of benzene rings is 2. The zero-order valence-corrected chi connectivity index (χ0v) is 37.9. The molecular formula is C48H83O3P. The van der Waals surface area contributed by atoms with Crippen molar-refractivity contribution in [3.8, 4) is 11.5 Å². The van der Waals surface area contributed by atoms with E-state index in [1.807, 2.05) is 0 Å². The fourth-order valence-electron chi connectivity index (χ4n) is 6.78. The molecule has 2 aromatic carbocycles. The molecule has 0 atom stereocenters. The molecule has 0 aromatic heterocycles. The molecule has 0 spiro atoms. The van der Waals surface area contributed by atoms with Crippen molar-refractivity contribution >= 4 is 8.60 Å². The van der Waals surface area contributed by atoms with Gasteiger partial charge >= 0.3 is 8.60 Å². The summed E-state index contributed by atoms with van der Waals surface area (Å²) in [6.07, 6.45) is 21.7. The van der Waals surface area contributed by atoms with Gasteiger partial charge in [-0.25, -0.2) is 0 Å². The number of unbranched alkanes of at least 4 members (excludes halogenated alkanes) is 15. The highest BCUT2D eigenvalue weighted by molar-refractivity contribution is 7.42. The fourth-order valence-corrected chi connectivity index (χ4v) is 7.98. The number of rotatable bonds is 22. The van der Waals surface area contributed by atoms with E-state index in [-0.39, 0.29) is 21.7 Å². The van der Waals surface area contributed by atoms with Crippen LogP contribution in [0.2, 0.25) is 0 Å². The molecule has 0 saturated carbocycles. The smallest absolute Gasteiger partial charge is 0.417 e. The molecule has 0 heterocycles. The Labute approximate surface area is 325 Å². The Morgan fingerprint density at radius 3 is 1.02 bits per heavy atom. The van der Waals surface area contributed by atoms with Crippen LogP contribution in [0, 0.1) is 13.8 Å². The SMILES string of the molecule is CCCCCCCCCCCCCCCCCCOP(Oc1c(C)cc(C(C)(C)C)cc1C(C)(C)C)Oc1c(C)cc(C(C)(C)C)cc1C(C)(C)C. The van der Waals surface area contributed by atoms with Gasteiger partial charge in [-0.15, -0.1) is 0 Å². The van der Waals surface area contributed by atoms with Gasteiger partial charge in [-0.05, 0) is 64.2 Å². The maximum atomic E-state index is 6.94. The molecule has 0 unspecified atom stereocenters. The van der Waals surface area contributed by atoms with E-state index in [1.165, 1.54) is 119 Å². The summed E-state index contributed by atoms with van der Waals surface area (Å²) >= 11 is 0. The lowest BCUT2D eigenvalue weighted by Crippen LogP contribution is -2.20. The Morgan fingerprint density at radius 1 is 0.423 bits per heavy atom. The van der Waals surface area contributed by atoms with Gasteiger partial charge in [0.25, 0.3) is 0 Å². The van der Waals surface area contributed by atoms with Crippen LogP contribution in [-0.4, -0.2) is 6.61 Å². The first-order valence-electron chi connectivity index (χ1n) is 21.3. The minimum absolute atomic E-state index is 0.0434. The van der Waals surface area contributed by atoms with Crippen LogP contribution in [0.1, 0.15) is 226 Å². The van der Waals surface area contributed by atoms with Crippen LogP contribution in [0.5, 0.6) is 11.5 Å². The first-order valence-corrected chi connectivity index (χ1v) is 22.4. The summed E-state index contributed by atoms with van der Waals surface area (Å²) in [5, 5.41) is 0. The van der Waals surface area contributed by atoms with E-state index in [4.69, 9.17) is 13.6 Å². The van der Waals surface area contributed by atoms with Crippen LogP contribution < -0.4 is 9.05 Å². The van der Waals surface area contributed by atoms with E-state index < -0.39 is 8.60 Å². The summed E-state index contributed by atoms with van der Waals surface area (Å²) in [6, 6.07) is 9.26. The molecule has 0 aliphatic rings. The second-order valence-corrected chi connectivity index (χ2v) is 21.0. The standard InChI is InChI=1S/C48H83O3P/c1-16-17-18-19-20-21-22-23-24-25-26-27-28-29-30-31-32-49-52(50-43-37(2)33-39(45(4,5)6)35-41(43)47(10,11)12)51-44-38(3)34-40(46(7,8)9)36-42(44)48(13,14)15/h33-36H,16-32H2,1-15H3. The van der Waals surface area contributed by atoms with E-state index in [1.54, 1.807) is 0 Å². The third-order valence-electron chi connectivity index (χ3n) is 10.4. The summed E-state index contributed by atoms with van der Waals surface area (Å²) in [6.45, 7) is 34.6. The summed E-state index contributed by atoms with van der Waals surface area (Å²) < 4.78 is 20.5. The molecule has 52 heavy (non-hydrogen) atoms. The Balaban J connectivity index is 2.12. The molecule has 0 N–H and O–H groups in total. The summed E-state index contributed by atoms with van der Waals surface area (Å²) in [4.78, 5) is 0. The lowest BCUT2D eigenvalue weighted by molar-refractivity contribution is 0.255. The van der Waals surface area contributed by atoms with Crippen molar-refractivity contribution in [1.82, 2.24) is 0 Å². The maximum Gasteiger partial charge on any atom is 0.463 e. The molecule has 0 aliphatic carbocycles. The highest BCUT2D eigenvalue weighted by Gasteiger charge is 2.31. The molecule has 0 bridgehead atoms. The summed E-state index contributed by atoms with van der Waals surface area (Å²) in [5.41, 5.74) is 7.21. The van der Waals surface area contributed by atoms with Gasteiger partial charge in [0.1, 0.15) is 11.5 Å². The van der Waals surface area contributed by atoms with Crippen molar-refractivity contribution in [1.29, 1.82) is 0 Å². The van der Waals surface area contributed by atoms with Crippen molar-refractivity contribution < 1.29 is 13.6 Å². The van der Waals surface area contributed by atoms with Crippen molar-refractivity contribution in [2.45, 2.75) is 228 Å². The molecule has 0 aliphatic heterocycles. The minimum Gasteiger partial charge on any atom is -0.417 e. The van der Waals surface area contributed by atoms with Crippen molar-refractivity contribution in [2.24, 2.45) is 0 Å². The molecule has 0 radical (unpaired) electrons. The Bertz CT molecular complexity index is 1230. The van der Waals surface area contributed by atoms with Gasteiger partial charge in [-0.3, -0.25) is 4.52 Å². The summed E-state index contributed by atoms with van der Waals surface area (Å²) in [5.74, 6) is 1.81. The molecule has 2 rings (SSSR count). The molecule has 2 aromatic rings. The molecule has 4 heteroatoms. The number of aryl methyl sites for hydroxylation is 2. The van der Waals surface area contributed by atoms with E-state index in [9.17, 15) is 0 Å². The van der Waals surface area contributed by atoms with Crippen molar-refractivity contribution in [3.05, 3.63) is 57.6 Å². The molecule has 0 amide bonds. The normalized spacial score (nSPS) is 12.9. The van der Waals surface area contributed by atoms with Crippen LogP contribution in [0.25, 0.3) is 0 Å². The van der Waals surface area contributed by atoms with E-state index in [0.29, 0.717) is 6.61 Å². The Morgan fingerprint density at radius 2 is 0.731 bits per heavy atom. The summed E-state index contributed by atoms with van der Waals surface area (Å²) in [7, 11) is -1.69. The lowest BCUT2D eigenvalue weighted by atomic mass is 9.79. The lowest BCUT2D eigenvalue weighted by Gasteiger charge is -2.31. The van der Waals surface area contributed by atoms with Crippen molar-refractivity contribution in [3.63, 3.8) is 0 Å². The van der Waals surface area contributed by atoms with Crippen molar-refractivity contribution in [2.75, 3.05) is 6.61 Å². The number of hydrogen-bond acceptors (Lipinski definition) is 3. The monoisotopic (exact) mass is 739 g/mol. The van der Waals surface area contributed by atoms with Crippen LogP contribution in [0.3, 0.4) is 0 Å². The third kappa shape index (κ3) is 16.4. The minimum atomic E-state index is -1.69. The third-order valence-corrected chi connectivity index (χ3v) is 11.5. The fraction of sp³-hybridized carbons (Fsp3) is 0.750. The van der Waals surface area contributed by atoms with Gasteiger partial charge in [0.2, 0.25) is 0 Å². The van der Waals surface area contributed by atoms with Crippen LogP contribution >= 0.6 is 8.60 Å². The van der Waals surface area contributed by atoms with Crippen LogP contribution in [-0.2, 0) is 26.2 Å². The van der Waals surface area contributed by atoms with Gasteiger partial charge in [0, 0.05) is 11.1 Å². The molecular weight excluding hydrogens is 655 g/mol. The quantitative estimate of drug-likeness (QED) is 0.0889. The predicted molar refractivity (Wildman–Crippen MR) is 231 cm³/mol. The topological polar surface area (TPSA) is 27.7 Å². The van der Waals surface area contributed by atoms with E-state index >= 15 is 0 Å². The Kier molecular flexibility index (Phi) is 19.3. The number of hydrogen-bond donors (Lipinski definition) is 0. The average Bonchev–Trinajstić information content (AvgIpc) is 3.01. The molecule has 0 fully saturated rings. The van der Waals surface area contributed by atoms with Gasteiger partial charge < -0.3 is 9.05 Å². The van der Waals surface area contributed by atoms with Crippen LogP contribution in [0.15, 0.2) is 24.3 Å². The van der Waals surface area contributed by atoms with E-state index in [0.717, 1.165) is 29.0 Å². The zero-order valence-electron chi connectivity index (χ0n) is 37.0. The maximum absolute atomic E-state index is 6.94. The zero-order chi connectivity index (χ0) is 39.2.